The molecule has 0 saturated heterocycles. The monoisotopic (exact) mass is 401 g/mol. The number of carbonyl (C=O) groups excluding carboxylic acids is 1. The third kappa shape index (κ3) is 3.73. The third-order valence-corrected chi connectivity index (χ3v) is 4.93. The van der Waals surface area contributed by atoms with Gasteiger partial charge in [0.2, 0.25) is 0 Å². The SMILES string of the molecule is COc1ccc(C2=C[C@H](c3ccccc3)N(C(=O)c3ccc([N+](=O)[O-])cc3)N2)cc1. The van der Waals surface area contributed by atoms with Crippen LogP contribution in [-0.2, 0) is 0 Å². The first-order valence-electron chi connectivity index (χ1n) is 9.32. The Labute approximate surface area is 173 Å². The molecule has 1 amide bonds. The molecule has 7 heteroatoms. The molecule has 1 atom stereocenters. The second-order valence-corrected chi connectivity index (χ2v) is 6.76. The number of amides is 1. The van der Waals surface area contributed by atoms with E-state index in [0.29, 0.717) is 5.56 Å². The maximum Gasteiger partial charge on any atom is 0.273 e. The van der Waals surface area contributed by atoms with Crippen molar-refractivity contribution >= 4 is 17.3 Å². The van der Waals surface area contributed by atoms with Gasteiger partial charge in [0.15, 0.2) is 0 Å². The maximum absolute atomic E-state index is 13.2. The summed E-state index contributed by atoms with van der Waals surface area (Å²) in [5, 5.41) is 12.4. The molecule has 0 fully saturated rings. The Kier molecular flexibility index (Phi) is 5.17. The quantitative estimate of drug-likeness (QED) is 0.508. The molecule has 0 aromatic heterocycles. The van der Waals surface area contributed by atoms with E-state index in [9.17, 15) is 14.9 Å². The fourth-order valence-electron chi connectivity index (χ4n) is 3.34. The Morgan fingerprint density at radius 3 is 2.27 bits per heavy atom. The molecule has 4 rings (SSSR count). The first-order valence-corrected chi connectivity index (χ1v) is 9.32. The lowest BCUT2D eigenvalue weighted by Crippen LogP contribution is -2.39. The van der Waals surface area contributed by atoms with E-state index >= 15 is 0 Å². The number of methoxy groups -OCH3 is 1. The van der Waals surface area contributed by atoms with Crippen LogP contribution in [0.15, 0.2) is 84.9 Å². The van der Waals surface area contributed by atoms with E-state index in [1.54, 1.807) is 7.11 Å². The van der Waals surface area contributed by atoms with Crippen LogP contribution in [0.5, 0.6) is 5.75 Å². The van der Waals surface area contributed by atoms with Crippen molar-refractivity contribution in [1.29, 1.82) is 0 Å². The largest absolute Gasteiger partial charge is 0.497 e. The minimum absolute atomic E-state index is 0.0578. The lowest BCUT2D eigenvalue weighted by atomic mass is 10.0. The van der Waals surface area contributed by atoms with Crippen LogP contribution in [0.4, 0.5) is 5.69 Å². The average molecular weight is 401 g/mol. The molecule has 3 aromatic carbocycles. The van der Waals surface area contributed by atoms with Crippen molar-refractivity contribution in [1.82, 2.24) is 10.4 Å². The minimum atomic E-state index is -0.488. The second-order valence-electron chi connectivity index (χ2n) is 6.76. The van der Waals surface area contributed by atoms with E-state index in [4.69, 9.17) is 4.74 Å². The molecule has 0 spiro atoms. The summed E-state index contributed by atoms with van der Waals surface area (Å²) in [6, 6.07) is 22.5. The minimum Gasteiger partial charge on any atom is -0.497 e. The van der Waals surface area contributed by atoms with E-state index in [-0.39, 0.29) is 17.6 Å². The number of nitrogens with zero attached hydrogens (tertiary/aromatic N) is 2. The zero-order valence-electron chi connectivity index (χ0n) is 16.2. The van der Waals surface area contributed by atoms with Gasteiger partial charge in [-0.25, -0.2) is 5.01 Å². The highest BCUT2D eigenvalue weighted by Gasteiger charge is 2.31. The topological polar surface area (TPSA) is 84.7 Å². The van der Waals surface area contributed by atoms with Crippen LogP contribution >= 0.6 is 0 Å². The smallest absolute Gasteiger partial charge is 0.273 e. The van der Waals surface area contributed by atoms with Crippen LogP contribution in [0, 0.1) is 10.1 Å². The van der Waals surface area contributed by atoms with Crippen molar-refractivity contribution in [3.8, 4) is 5.75 Å². The maximum atomic E-state index is 13.2. The van der Waals surface area contributed by atoms with Gasteiger partial charge in [-0.2, -0.15) is 0 Å². The van der Waals surface area contributed by atoms with Gasteiger partial charge in [-0.3, -0.25) is 20.3 Å². The lowest BCUT2D eigenvalue weighted by molar-refractivity contribution is -0.384. The summed E-state index contributed by atoms with van der Waals surface area (Å²) in [6.45, 7) is 0. The van der Waals surface area contributed by atoms with E-state index in [2.05, 4.69) is 5.43 Å². The van der Waals surface area contributed by atoms with Gasteiger partial charge in [-0.1, -0.05) is 30.3 Å². The summed E-state index contributed by atoms with van der Waals surface area (Å²) in [6.07, 6.45) is 1.99. The number of carbonyl (C=O) groups is 1. The Hall–Kier alpha value is -4.13. The lowest BCUT2D eigenvalue weighted by Gasteiger charge is -2.25. The molecule has 0 aliphatic carbocycles. The number of hydrazine groups is 1. The van der Waals surface area contributed by atoms with Crippen LogP contribution < -0.4 is 10.2 Å². The predicted molar refractivity (Wildman–Crippen MR) is 113 cm³/mol. The summed E-state index contributed by atoms with van der Waals surface area (Å²) >= 11 is 0. The van der Waals surface area contributed by atoms with Gasteiger partial charge >= 0.3 is 0 Å². The highest BCUT2D eigenvalue weighted by molar-refractivity contribution is 5.96. The molecule has 0 bridgehead atoms. The molecule has 1 heterocycles. The Balaban J connectivity index is 1.67. The number of rotatable bonds is 5. The number of nitro benzene ring substituents is 1. The van der Waals surface area contributed by atoms with Crippen molar-refractivity contribution in [2.45, 2.75) is 6.04 Å². The fourth-order valence-corrected chi connectivity index (χ4v) is 3.34. The third-order valence-electron chi connectivity index (χ3n) is 4.93. The van der Waals surface area contributed by atoms with Crippen LogP contribution in [0.2, 0.25) is 0 Å². The standard InChI is InChI=1S/C23H19N3O4/c1-30-20-13-9-16(10-14-20)21-15-22(17-5-3-2-4-6-17)25(24-21)23(27)18-7-11-19(12-8-18)26(28)29/h2-15,22,24H,1H3/t22-/m1/s1. The molecule has 0 unspecified atom stereocenters. The molecule has 150 valence electrons. The molecule has 0 saturated carbocycles. The Morgan fingerprint density at radius 2 is 1.67 bits per heavy atom. The van der Waals surface area contributed by atoms with Crippen LogP contribution in [-0.4, -0.2) is 22.9 Å². The van der Waals surface area contributed by atoms with E-state index in [1.165, 1.54) is 29.3 Å². The predicted octanol–water partition coefficient (Wildman–Crippen LogP) is 4.35. The summed E-state index contributed by atoms with van der Waals surface area (Å²) in [7, 11) is 1.61. The number of nitro groups is 1. The molecule has 30 heavy (non-hydrogen) atoms. The van der Waals surface area contributed by atoms with Gasteiger partial charge in [-0.15, -0.1) is 0 Å². The number of benzene rings is 3. The van der Waals surface area contributed by atoms with Gasteiger partial charge in [0.25, 0.3) is 11.6 Å². The highest BCUT2D eigenvalue weighted by atomic mass is 16.6. The molecule has 7 nitrogen and oxygen atoms in total. The Bertz CT molecular complexity index is 1090. The zero-order chi connectivity index (χ0) is 21.1. The van der Waals surface area contributed by atoms with Crippen molar-refractivity contribution in [2.24, 2.45) is 0 Å². The summed E-state index contributed by atoms with van der Waals surface area (Å²) in [4.78, 5) is 23.6. The van der Waals surface area contributed by atoms with Crippen molar-refractivity contribution in [3.63, 3.8) is 0 Å². The summed E-state index contributed by atoms with van der Waals surface area (Å²) in [5.41, 5.74) is 6.15. The van der Waals surface area contributed by atoms with E-state index in [1.807, 2.05) is 60.7 Å². The fraction of sp³-hybridized carbons (Fsp3) is 0.0870. The van der Waals surface area contributed by atoms with Crippen LogP contribution in [0.1, 0.15) is 27.5 Å². The van der Waals surface area contributed by atoms with Gasteiger partial charge in [0.05, 0.1) is 23.8 Å². The van der Waals surface area contributed by atoms with Gasteiger partial charge in [-0.05, 0) is 53.6 Å². The van der Waals surface area contributed by atoms with Gasteiger partial charge in [0.1, 0.15) is 5.75 Å². The summed E-state index contributed by atoms with van der Waals surface area (Å²) in [5.74, 6) is 0.467. The second kappa shape index (κ2) is 8.08. The average Bonchev–Trinajstić information content (AvgIpc) is 3.25. The molecule has 1 aliphatic rings. The zero-order valence-corrected chi connectivity index (χ0v) is 16.2. The van der Waals surface area contributed by atoms with Crippen molar-refractivity contribution < 1.29 is 14.5 Å². The number of hydrogen-bond acceptors (Lipinski definition) is 5. The number of nitrogens with one attached hydrogen (secondary N) is 1. The summed E-state index contributed by atoms with van der Waals surface area (Å²) < 4.78 is 5.21. The van der Waals surface area contributed by atoms with Gasteiger partial charge in [0, 0.05) is 17.7 Å². The molecular weight excluding hydrogens is 382 g/mol. The van der Waals surface area contributed by atoms with E-state index < -0.39 is 4.92 Å². The normalized spacial score (nSPS) is 15.3. The number of ether oxygens (including phenoxy) is 1. The molecule has 3 aromatic rings. The van der Waals surface area contributed by atoms with Crippen LogP contribution in [0.3, 0.4) is 0 Å². The number of non-ortho nitro benzene ring substituents is 1. The highest BCUT2D eigenvalue weighted by Crippen LogP contribution is 2.33. The van der Waals surface area contributed by atoms with Crippen molar-refractivity contribution in [3.05, 3.63) is 112 Å². The molecule has 1 aliphatic heterocycles. The first-order chi connectivity index (χ1) is 14.6. The molecule has 1 N–H and O–H groups in total. The van der Waals surface area contributed by atoms with E-state index in [0.717, 1.165) is 22.6 Å². The first kappa shape index (κ1) is 19.2. The Morgan fingerprint density at radius 1 is 1.00 bits per heavy atom. The molecule has 0 radical (unpaired) electrons. The van der Waals surface area contributed by atoms with Gasteiger partial charge < -0.3 is 4.74 Å². The number of hydrogen-bond donors (Lipinski definition) is 1. The molecular formula is C23H19N3O4. The van der Waals surface area contributed by atoms with Crippen molar-refractivity contribution in [2.75, 3.05) is 7.11 Å². The van der Waals surface area contributed by atoms with Crippen LogP contribution in [0.25, 0.3) is 5.70 Å².